The molecule has 5 unspecified atom stereocenters. The number of rotatable bonds is 18. The number of aromatic amines is 1. The Morgan fingerprint density at radius 1 is 0.902 bits per heavy atom. The molecule has 2 aromatic rings. The standard InChI is InChI=1S/C28H42N6O7/c1-3-16(2)24(30)27(39)33-21(11-12-23(35)36)26(38)32-20(10-6-7-13-29)25(37)34-22(28(40)41)14-17-15-31-19-9-5-4-8-18(17)19/h4-5,8-9,15-16,20-22,24,31H,3,6-7,10-14,29-30H2,1-2H3,(H,32,38)(H,33,39)(H,34,37)(H,35,36)(H,40,41). The highest BCUT2D eigenvalue weighted by Crippen LogP contribution is 2.19. The number of hydrogen-bond donors (Lipinski definition) is 8. The predicted molar refractivity (Wildman–Crippen MR) is 153 cm³/mol. The molecule has 0 saturated carbocycles. The Labute approximate surface area is 238 Å². The van der Waals surface area contributed by atoms with Crippen LogP contribution in [-0.4, -0.2) is 75.6 Å². The smallest absolute Gasteiger partial charge is 0.326 e. The van der Waals surface area contributed by atoms with Gasteiger partial charge in [-0.25, -0.2) is 4.79 Å². The maximum absolute atomic E-state index is 13.3. The summed E-state index contributed by atoms with van der Waals surface area (Å²) in [6, 6.07) is 2.76. The van der Waals surface area contributed by atoms with E-state index >= 15 is 0 Å². The highest BCUT2D eigenvalue weighted by atomic mass is 16.4. The van der Waals surface area contributed by atoms with Gasteiger partial charge in [-0.3, -0.25) is 19.2 Å². The lowest BCUT2D eigenvalue weighted by atomic mass is 9.98. The number of aromatic nitrogens is 1. The number of H-pyrrole nitrogens is 1. The Morgan fingerprint density at radius 3 is 2.12 bits per heavy atom. The van der Waals surface area contributed by atoms with Crippen LogP contribution >= 0.6 is 0 Å². The Kier molecular flexibility index (Phi) is 13.2. The average Bonchev–Trinajstić information content (AvgIpc) is 3.35. The molecular formula is C28H42N6O7. The zero-order valence-electron chi connectivity index (χ0n) is 23.5. The molecular weight excluding hydrogens is 532 g/mol. The summed E-state index contributed by atoms with van der Waals surface area (Å²) in [5.74, 6) is -4.70. The number of carboxylic acids is 2. The molecule has 1 aromatic heterocycles. The van der Waals surface area contributed by atoms with Gasteiger partial charge in [0.15, 0.2) is 0 Å². The summed E-state index contributed by atoms with van der Waals surface area (Å²) in [5, 5.41) is 27.4. The molecule has 0 fully saturated rings. The van der Waals surface area contributed by atoms with Gasteiger partial charge in [0, 0.05) is 29.9 Å². The molecule has 0 spiro atoms. The number of benzene rings is 1. The average molecular weight is 575 g/mol. The number of amides is 3. The van der Waals surface area contributed by atoms with Crippen molar-refractivity contribution < 1.29 is 34.2 Å². The molecule has 0 radical (unpaired) electrons. The topological polar surface area (TPSA) is 230 Å². The fourth-order valence-corrected chi connectivity index (χ4v) is 4.34. The van der Waals surface area contributed by atoms with Gasteiger partial charge in [0.05, 0.1) is 6.04 Å². The molecule has 10 N–H and O–H groups in total. The van der Waals surface area contributed by atoms with Crippen LogP contribution in [0.5, 0.6) is 0 Å². The van der Waals surface area contributed by atoms with E-state index in [0.29, 0.717) is 31.4 Å². The normalized spacial score (nSPS) is 14.8. The summed E-state index contributed by atoms with van der Waals surface area (Å²) in [7, 11) is 0. The van der Waals surface area contributed by atoms with Crippen molar-refractivity contribution in [3.8, 4) is 0 Å². The molecule has 0 bridgehead atoms. The second kappa shape index (κ2) is 16.3. The van der Waals surface area contributed by atoms with Gasteiger partial charge in [0.1, 0.15) is 18.1 Å². The lowest BCUT2D eigenvalue weighted by Gasteiger charge is -2.26. The van der Waals surface area contributed by atoms with Crippen LogP contribution in [0.1, 0.15) is 57.9 Å². The number of carbonyl (C=O) groups is 5. The van der Waals surface area contributed by atoms with Crippen LogP contribution in [0.15, 0.2) is 30.5 Å². The third kappa shape index (κ3) is 10.2. The molecule has 2 rings (SSSR count). The number of fused-ring (bicyclic) bond motifs is 1. The van der Waals surface area contributed by atoms with E-state index in [2.05, 4.69) is 20.9 Å². The molecule has 0 saturated heterocycles. The molecule has 5 atom stereocenters. The molecule has 0 aliphatic heterocycles. The highest BCUT2D eigenvalue weighted by Gasteiger charge is 2.31. The van der Waals surface area contributed by atoms with Gasteiger partial charge in [-0.2, -0.15) is 0 Å². The maximum Gasteiger partial charge on any atom is 0.326 e. The monoisotopic (exact) mass is 574 g/mol. The molecule has 13 nitrogen and oxygen atoms in total. The van der Waals surface area contributed by atoms with Crippen LogP contribution in [0.4, 0.5) is 0 Å². The van der Waals surface area contributed by atoms with Crippen LogP contribution in [-0.2, 0) is 30.4 Å². The minimum Gasteiger partial charge on any atom is -0.481 e. The van der Waals surface area contributed by atoms with E-state index in [1.165, 1.54) is 0 Å². The number of nitrogens with two attached hydrogens (primary N) is 2. The molecule has 3 amide bonds. The summed E-state index contributed by atoms with van der Waals surface area (Å²) >= 11 is 0. The van der Waals surface area contributed by atoms with E-state index < -0.39 is 60.2 Å². The third-order valence-corrected chi connectivity index (χ3v) is 7.13. The van der Waals surface area contributed by atoms with Gasteiger partial charge in [0.2, 0.25) is 17.7 Å². The zero-order valence-corrected chi connectivity index (χ0v) is 23.5. The number of aliphatic carboxylic acids is 2. The van der Waals surface area contributed by atoms with E-state index in [9.17, 15) is 29.1 Å². The molecule has 226 valence electrons. The zero-order chi connectivity index (χ0) is 30.5. The molecule has 13 heteroatoms. The Balaban J connectivity index is 2.21. The van der Waals surface area contributed by atoms with Crippen molar-refractivity contribution in [1.82, 2.24) is 20.9 Å². The SMILES string of the molecule is CCC(C)C(N)C(=O)NC(CCC(=O)O)C(=O)NC(CCCCN)C(=O)NC(Cc1c[nH]c2ccccc12)C(=O)O. The Bertz CT molecular complexity index is 1200. The molecule has 1 heterocycles. The number of carbonyl (C=O) groups excluding carboxylic acids is 3. The molecule has 0 aliphatic rings. The fraction of sp³-hybridized carbons (Fsp3) is 0.536. The third-order valence-electron chi connectivity index (χ3n) is 7.13. The van der Waals surface area contributed by atoms with Crippen molar-refractivity contribution >= 4 is 40.6 Å². The molecule has 1 aromatic carbocycles. The number of para-hydroxylation sites is 1. The summed E-state index contributed by atoms with van der Waals surface area (Å²) in [4.78, 5) is 65.6. The van der Waals surface area contributed by atoms with Gasteiger partial charge in [0.25, 0.3) is 0 Å². The Hall–Kier alpha value is -3.97. The van der Waals surface area contributed by atoms with Crippen LogP contribution in [0.2, 0.25) is 0 Å². The highest BCUT2D eigenvalue weighted by molar-refractivity contribution is 5.94. The predicted octanol–water partition coefficient (Wildman–Crippen LogP) is 0.617. The number of hydrogen-bond acceptors (Lipinski definition) is 7. The maximum atomic E-state index is 13.3. The van der Waals surface area contributed by atoms with E-state index in [0.717, 1.165) is 10.9 Å². The van der Waals surface area contributed by atoms with Crippen molar-refractivity contribution in [1.29, 1.82) is 0 Å². The van der Waals surface area contributed by atoms with Gasteiger partial charge < -0.3 is 42.6 Å². The van der Waals surface area contributed by atoms with Crippen LogP contribution < -0.4 is 27.4 Å². The van der Waals surface area contributed by atoms with Gasteiger partial charge in [-0.15, -0.1) is 0 Å². The lowest BCUT2D eigenvalue weighted by molar-refractivity contribution is -0.142. The van der Waals surface area contributed by atoms with Crippen molar-refractivity contribution in [3.05, 3.63) is 36.0 Å². The second-order valence-electron chi connectivity index (χ2n) is 10.2. The first-order valence-corrected chi connectivity index (χ1v) is 13.8. The minimum atomic E-state index is -1.29. The summed E-state index contributed by atoms with van der Waals surface area (Å²) in [6.07, 6.45) is 2.84. The van der Waals surface area contributed by atoms with Crippen LogP contribution in [0, 0.1) is 5.92 Å². The van der Waals surface area contributed by atoms with Gasteiger partial charge in [-0.1, -0.05) is 38.5 Å². The summed E-state index contributed by atoms with van der Waals surface area (Å²) < 4.78 is 0. The molecule has 0 aliphatic carbocycles. The number of unbranched alkanes of at least 4 members (excludes halogenated alkanes) is 1. The largest absolute Gasteiger partial charge is 0.481 e. The van der Waals surface area contributed by atoms with E-state index in [1.54, 1.807) is 13.1 Å². The van der Waals surface area contributed by atoms with Crippen LogP contribution in [0.25, 0.3) is 10.9 Å². The quantitative estimate of drug-likeness (QED) is 0.116. The fourth-order valence-electron chi connectivity index (χ4n) is 4.34. The first-order chi connectivity index (χ1) is 19.5. The van der Waals surface area contributed by atoms with Crippen molar-refractivity contribution in [2.45, 2.75) is 83.0 Å². The van der Waals surface area contributed by atoms with Gasteiger partial charge >= 0.3 is 11.9 Å². The van der Waals surface area contributed by atoms with Crippen molar-refractivity contribution in [3.63, 3.8) is 0 Å². The second-order valence-corrected chi connectivity index (χ2v) is 10.2. The molecule has 41 heavy (non-hydrogen) atoms. The van der Waals surface area contributed by atoms with Crippen molar-refractivity contribution in [2.75, 3.05) is 6.54 Å². The minimum absolute atomic E-state index is 0.000646. The first-order valence-electron chi connectivity index (χ1n) is 13.8. The van der Waals surface area contributed by atoms with Crippen LogP contribution in [0.3, 0.4) is 0 Å². The van der Waals surface area contributed by atoms with E-state index in [4.69, 9.17) is 16.6 Å². The summed E-state index contributed by atoms with van der Waals surface area (Å²) in [6.45, 7) is 3.99. The number of nitrogens with one attached hydrogen (secondary N) is 4. The summed E-state index contributed by atoms with van der Waals surface area (Å²) in [5.41, 5.74) is 13.1. The van der Waals surface area contributed by atoms with Crippen molar-refractivity contribution in [2.24, 2.45) is 17.4 Å². The lowest BCUT2D eigenvalue weighted by Crippen LogP contribution is -2.57. The van der Waals surface area contributed by atoms with E-state index in [-0.39, 0.29) is 25.2 Å². The van der Waals surface area contributed by atoms with E-state index in [1.807, 2.05) is 31.2 Å². The van der Waals surface area contributed by atoms with Gasteiger partial charge in [-0.05, 0) is 49.8 Å². The first kappa shape index (κ1) is 33.2. The number of carboxylic acid groups (broad SMARTS) is 2. The Morgan fingerprint density at radius 2 is 1.51 bits per heavy atom.